The average molecular weight is 595 g/mol. The molecule has 2 amide bonds. The van der Waals surface area contributed by atoms with Gasteiger partial charge >= 0.3 is 0 Å². The topological polar surface area (TPSA) is 118 Å². The van der Waals surface area contributed by atoms with Crippen LogP contribution in [0.1, 0.15) is 76.6 Å². The fraction of sp³-hybridized carbons (Fsp3) is 0.281. The van der Waals surface area contributed by atoms with Crippen molar-refractivity contribution in [1.82, 2.24) is 34.2 Å². The van der Waals surface area contributed by atoms with Crippen molar-refractivity contribution in [3.05, 3.63) is 101 Å². The van der Waals surface area contributed by atoms with Crippen molar-refractivity contribution in [3.63, 3.8) is 0 Å². The van der Waals surface area contributed by atoms with Gasteiger partial charge in [0.25, 0.3) is 11.8 Å². The first kappa shape index (κ1) is 28.4. The van der Waals surface area contributed by atoms with E-state index in [1.807, 2.05) is 46.7 Å². The Balaban J connectivity index is 1.32. The van der Waals surface area contributed by atoms with Crippen LogP contribution in [0.4, 0.5) is 5.82 Å². The van der Waals surface area contributed by atoms with E-state index in [2.05, 4.69) is 32.2 Å². The molecule has 1 N–H and O–H groups in total. The molecule has 0 spiro atoms. The Morgan fingerprint density at radius 3 is 2.60 bits per heavy atom. The molecule has 1 saturated heterocycles. The van der Waals surface area contributed by atoms with Crippen LogP contribution in [0.15, 0.2) is 67.3 Å². The van der Waals surface area contributed by atoms with Gasteiger partial charge in [0, 0.05) is 42.5 Å². The number of nitrogens with one attached hydrogen (secondary N) is 1. The Morgan fingerprint density at radius 1 is 1.00 bits per heavy atom. The van der Waals surface area contributed by atoms with Crippen LogP contribution >= 0.6 is 11.6 Å². The van der Waals surface area contributed by atoms with Gasteiger partial charge in [0.1, 0.15) is 17.3 Å². The number of likely N-dealkylation sites (tertiary alicyclic amines) is 1. The number of rotatable bonds is 7. The molecule has 0 aliphatic carbocycles. The average Bonchev–Trinajstić information content (AvgIpc) is 3.42. The van der Waals surface area contributed by atoms with Gasteiger partial charge in [-0.2, -0.15) is 0 Å². The number of benzene rings is 1. The molecule has 0 radical (unpaired) electrons. The quantitative estimate of drug-likeness (QED) is 0.226. The molecule has 11 heteroatoms. The fourth-order valence-corrected chi connectivity index (χ4v) is 5.80. The van der Waals surface area contributed by atoms with Crippen LogP contribution in [0.25, 0.3) is 16.8 Å². The van der Waals surface area contributed by atoms with E-state index < -0.39 is 0 Å². The molecule has 43 heavy (non-hydrogen) atoms. The number of aryl methyl sites for hydroxylation is 2. The largest absolute Gasteiger partial charge is 0.327 e. The minimum absolute atomic E-state index is 0.0352. The number of carbonyl (C=O) groups excluding carboxylic acids is 2. The van der Waals surface area contributed by atoms with Gasteiger partial charge in [-0.1, -0.05) is 25.5 Å². The highest BCUT2D eigenvalue weighted by molar-refractivity contribution is 6.28. The zero-order valence-corrected chi connectivity index (χ0v) is 24.8. The van der Waals surface area contributed by atoms with Gasteiger partial charge < -0.3 is 10.2 Å². The maximum atomic E-state index is 13.6. The highest BCUT2D eigenvalue weighted by atomic mass is 35.5. The number of nitrogens with zero attached hydrogens (tertiary/aromatic N) is 7. The smallest absolute Gasteiger partial charge is 0.273 e. The van der Waals surface area contributed by atoms with Gasteiger partial charge in [-0.05, 0) is 80.1 Å². The summed E-state index contributed by atoms with van der Waals surface area (Å²) in [6, 6.07) is 12.5. The summed E-state index contributed by atoms with van der Waals surface area (Å²) in [7, 11) is 0. The summed E-state index contributed by atoms with van der Waals surface area (Å²) >= 11 is 5.99. The van der Waals surface area contributed by atoms with Gasteiger partial charge in [-0.25, -0.2) is 19.9 Å². The third-order valence-corrected chi connectivity index (χ3v) is 7.88. The zero-order chi connectivity index (χ0) is 29.9. The molecule has 0 saturated carbocycles. The fourth-order valence-electron chi connectivity index (χ4n) is 5.65. The van der Waals surface area contributed by atoms with Gasteiger partial charge in [0.2, 0.25) is 5.28 Å². The molecule has 10 nitrogen and oxygen atoms in total. The molecule has 0 unspecified atom stereocenters. The summed E-state index contributed by atoms with van der Waals surface area (Å²) in [4.78, 5) is 50.4. The lowest BCUT2D eigenvalue weighted by molar-refractivity contribution is 0.0593. The van der Waals surface area contributed by atoms with E-state index in [4.69, 9.17) is 16.6 Å². The van der Waals surface area contributed by atoms with E-state index in [1.165, 1.54) is 6.20 Å². The number of pyridine rings is 1. The Kier molecular flexibility index (Phi) is 8.11. The number of piperidine rings is 1. The van der Waals surface area contributed by atoms with Crippen LogP contribution in [0.5, 0.6) is 0 Å². The lowest BCUT2D eigenvalue weighted by Gasteiger charge is -2.34. The van der Waals surface area contributed by atoms with Gasteiger partial charge in [-0.15, -0.1) is 0 Å². The van der Waals surface area contributed by atoms with Crippen molar-refractivity contribution < 1.29 is 9.59 Å². The normalized spacial score (nSPS) is 15.0. The molecule has 5 aromatic rings. The van der Waals surface area contributed by atoms with E-state index >= 15 is 0 Å². The van der Waals surface area contributed by atoms with Gasteiger partial charge in [-0.3, -0.25) is 19.0 Å². The predicted molar refractivity (Wildman–Crippen MR) is 164 cm³/mol. The first-order valence-electron chi connectivity index (χ1n) is 14.4. The van der Waals surface area contributed by atoms with E-state index in [1.54, 1.807) is 30.6 Å². The second-order valence-corrected chi connectivity index (χ2v) is 10.9. The lowest BCUT2D eigenvalue weighted by Crippen LogP contribution is -2.39. The lowest BCUT2D eigenvalue weighted by atomic mass is 10.0. The molecule has 6 rings (SSSR count). The van der Waals surface area contributed by atoms with Gasteiger partial charge in [0.05, 0.1) is 22.9 Å². The van der Waals surface area contributed by atoms with Crippen molar-refractivity contribution in [2.75, 3.05) is 11.9 Å². The summed E-state index contributed by atoms with van der Waals surface area (Å²) in [5, 5.41) is 2.94. The van der Waals surface area contributed by atoms with E-state index in [0.29, 0.717) is 17.9 Å². The van der Waals surface area contributed by atoms with Crippen LogP contribution in [-0.2, 0) is 6.42 Å². The van der Waals surface area contributed by atoms with Crippen molar-refractivity contribution in [1.29, 1.82) is 0 Å². The third kappa shape index (κ3) is 5.83. The minimum Gasteiger partial charge on any atom is -0.327 e. The van der Waals surface area contributed by atoms with Crippen molar-refractivity contribution in [3.8, 4) is 11.3 Å². The second kappa shape index (κ2) is 12.3. The number of carbonyl (C=O) groups is 2. The molecule has 0 bridgehead atoms. The first-order valence-corrected chi connectivity index (χ1v) is 14.8. The molecule has 1 aromatic carbocycles. The summed E-state index contributed by atoms with van der Waals surface area (Å²) in [5.74, 6) is 0.844. The molecular weight excluding hydrogens is 564 g/mol. The molecule has 1 fully saturated rings. The van der Waals surface area contributed by atoms with Crippen molar-refractivity contribution in [2.45, 2.75) is 52.0 Å². The first-order chi connectivity index (χ1) is 20.9. The van der Waals surface area contributed by atoms with E-state index in [9.17, 15) is 9.59 Å². The zero-order valence-electron chi connectivity index (χ0n) is 24.0. The highest BCUT2D eigenvalue weighted by Gasteiger charge is 2.33. The monoisotopic (exact) mass is 594 g/mol. The standard InChI is InChI=1S/C32H31ClN8O2/c1-3-6-21-12-14-35-26(19-21)38-30(42)23-10-8-22(9-11-23)27-28-20(2)34-16-18-41(28)29(39-27)25-7-4-5-17-40(25)31(43)24-13-15-36-32(33)37-24/h8-16,18-19,25H,3-7,17H2,1-2H3,(H,35,38,42)/t25-/m0/s1. The maximum Gasteiger partial charge on any atom is 0.273 e. The summed E-state index contributed by atoms with van der Waals surface area (Å²) in [6.07, 6.45) is 11.4. The second-order valence-electron chi connectivity index (χ2n) is 10.6. The van der Waals surface area contributed by atoms with Crippen LogP contribution in [0.3, 0.4) is 0 Å². The number of imidazole rings is 1. The van der Waals surface area contributed by atoms with Crippen LogP contribution in [0, 0.1) is 6.92 Å². The number of fused-ring (bicyclic) bond motifs is 1. The van der Waals surface area contributed by atoms with Crippen LogP contribution < -0.4 is 5.32 Å². The molecule has 1 aliphatic rings. The third-order valence-electron chi connectivity index (χ3n) is 7.70. The molecule has 218 valence electrons. The SMILES string of the molecule is CCCc1ccnc(NC(=O)c2ccc(-c3nc([C@@H]4CCCCN4C(=O)c4ccnc(Cl)n4)n4ccnc(C)c34)cc2)c1. The summed E-state index contributed by atoms with van der Waals surface area (Å²) in [5.41, 5.74) is 5.15. The Morgan fingerprint density at radius 2 is 1.81 bits per heavy atom. The maximum absolute atomic E-state index is 13.6. The molecule has 1 aliphatic heterocycles. The Bertz CT molecular complexity index is 1800. The Hall–Kier alpha value is -4.70. The molecule has 1 atom stereocenters. The van der Waals surface area contributed by atoms with Crippen molar-refractivity contribution >= 4 is 34.7 Å². The number of halogens is 1. The molecule has 4 aromatic heterocycles. The Labute approximate surface area is 254 Å². The number of hydrogen-bond acceptors (Lipinski definition) is 7. The number of aromatic nitrogens is 6. The van der Waals surface area contributed by atoms with Crippen LogP contribution in [-0.4, -0.2) is 52.6 Å². The van der Waals surface area contributed by atoms with E-state index in [-0.39, 0.29) is 28.8 Å². The minimum atomic E-state index is -0.265. The molecule has 5 heterocycles. The summed E-state index contributed by atoms with van der Waals surface area (Å²) in [6.45, 7) is 4.64. The summed E-state index contributed by atoms with van der Waals surface area (Å²) < 4.78 is 2.02. The van der Waals surface area contributed by atoms with Crippen molar-refractivity contribution in [2.24, 2.45) is 0 Å². The number of amides is 2. The highest BCUT2D eigenvalue weighted by Crippen LogP contribution is 2.36. The molecular formula is C32H31ClN8O2. The van der Waals surface area contributed by atoms with Crippen LogP contribution in [0.2, 0.25) is 5.28 Å². The number of anilines is 1. The van der Waals surface area contributed by atoms with E-state index in [0.717, 1.165) is 66.0 Å². The van der Waals surface area contributed by atoms with Gasteiger partial charge in [0.15, 0.2) is 0 Å². The number of hydrogen-bond donors (Lipinski definition) is 1. The predicted octanol–water partition coefficient (Wildman–Crippen LogP) is 6.12.